The van der Waals surface area contributed by atoms with Crippen LogP contribution >= 0.6 is 0 Å². The molecule has 0 radical (unpaired) electrons. The highest BCUT2D eigenvalue weighted by Crippen LogP contribution is 2.34. The molecule has 3 aromatic carbocycles. The Morgan fingerprint density at radius 2 is 1.69 bits per heavy atom. The molecule has 4 nitrogen and oxygen atoms in total. The van der Waals surface area contributed by atoms with Crippen molar-refractivity contribution in [2.75, 3.05) is 24.5 Å². The Hall–Kier alpha value is -3.11. The van der Waals surface area contributed by atoms with Crippen LogP contribution in [0, 0.1) is 0 Å². The topological polar surface area (TPSA) is 43.8 Å². The van der Waals surface area contributed by atoms with Gasteiger partial charge in [0.25, 0.3) is 0 Å². The second-order valence-corrected chi connectivity index (χ2v) is 9.02. The molecule has 4 heteroatoms. The molecule has 0 amide bonds. The van der Waals surface area contributed by atoms with Crippen LogP contribution in [-0.4, -0.2) is 41.7 Å². The third-order valence-electron chi connectivity index (χ3n) is 6.99. The zero-order chi connectivity index (χ0) is 21.9. The van der Waals surface area contributed by atoms with Gasteiger partial charge >= 0.3 is 5.97 Å². The second kappa shape index (κ2) is 9.17. The molecule has 1 atom stereocenters. The van der Waals surface area contributed by atoms with Crippen LogP contribution in [0.5, 0.6) is 0 Å². The van der Waals surface area contributed by atoms with E-state index in [-0.39, 0.29) is 0 Å². The molecule has 2 aliphatic rings. The molecule has 3 aromatic rings. The molecule has 0 aliphatic carbocycles. The summed E-state index contributed by atoms with van der Waals surface area (Å²) in [6.07, 6.45) is 4.19. The first-order valence-corrected chi connectivity index (χ1v) is 11.6. The maximum absolute atomic E-state index is 11.3. The van der Waals surface area contributed by atoms with Crippen molar-refractivity contribution >= 4 is 11.7 Å². The number of piperazine rings is 1. The fourth-order valence-electron chi connectivity index (χ4n) is 5.27. The molecular formula is C28H30N2O2. The summed E-state index contributed by atoms with van der Waals surface area (Å²) in [5.41, 5.74) is 7.10. The Morgan fingerprint density at radius 3 is 2.50 bits per heavy atom. The summed E-state index contributed by atoms with van der Waals surface area (Å²) in [6.45, 7) is 4.09. The van der Waals surface area contributed by atoms with Crippen molar-refractivity contribution in [2.45, 2.75) is 38.3 Å². The van der Waals surface area contributed by atoms with Gasteiger partial charge in [0.15, 0.2) is 0 Å². The van der Waals surface area contributed by atoms with Crippen molar-refractivity contribution in [3.63, 3.8) is 0 Å². The molecule has 0 aromatic heterocycles. The van der Waals surface area contributed by atoms with E-state index in [1.807, 2.05) is 12.1 Å². The van der Waals surface area contributed by atoms with Crippen molar-refractivity contribution in [1.82, 2.24) is 4.90 Å². The standard InChI is InChI=1S/C28H30N2O2/c31-28(32)24-13-15-27-23(18-24)12-14-26-20-29(16-17-30(26)27)19-25-9-5-4-8-22(25)11-10-21-6-2-1-3-7-21/h1-9,13,15,18,26H,10-12,14,16-17,19-20H2,(H,31,32)/t26-/m0/s1. The quantitative estimate of drug-likeness (QED) is 0.615. The van der Waals surface area contributed by atoms with Crippen LogP contribution in [0.3, 0.4) is 0 Å². The van der Waals surface area contributed by atoms with Gasteiger partial charge in [-0.2, -0.15) is 0 Å². The zero-order valence-corrected chi connectivity index (χ0v) is 18.4. The second-order valence-electron chi connectivity index (χ2n) is 9.02. The summed E-state index contributed by atoms with van der Waals surface area (Å²) in [4.78, 5) is 16.4. The normalized spacial score (nSPS) is 18.1. The molecule has 0 spiro atoms. The smallest absolute Gasteiger partial charge is 0.335 e. The van der Waals surface area contributed by atoms with Crippen molar-refractivity contribution in [2.24, 2.45) is 0 Å². The lowest BCUT2D eigenvalue weighted by Crippen LogP contribution is -2.54. The lowest BCUT2D eigenvalue weighted by atomic mass is 9.92. The van der Waals surface area contributed by atoms with Crippen LogP contribution in [0.1, 0.15) is 39.0 Å². The number of nitrogens with zero attached hydrogens (tertiary/aromatic N) is 2. The lowest BCUT2D eigenvalue weighted by molar-refractivity contribution is 0.0696. The van der Waals surface area contributed by atoms with Gasteiger partial charge < -0.3 is 10.0 Å². The van der Waals surface area contributed by atoms with E-state index in [0.29, 0.717) is 11.6 Å². The van der Waals surface area contributed by atoms with E-state index in [2.05, 4.69) is 64.4 Å². The molecule has 0 saturated carbocycles. The van der Waals surface area contributed by atoms with Gasteiger partial charge in [0.05, 0.1) is 5.56 Å². The van der Waals surface area contributed by atoms with Gasteiger partial charge in [0.1, 0.15) is 0 Å². The zero-order valence-electron chi connectivity index (χ0n) is 18.4. The minimum atomic E-state index is -0.842. The number of anilines is 1. The number of carboxylic acids is 1. The van der Waals surface area contributed by atoms with Crippen molar-refractivity contribution in [3.05, 3.63) is 101 Å². The molecule has 32 heavy (non-hydrogen) atoms. The Morgan fingerprint density at radius 1 is 0.906 bits per heavy atom. The van der Waals surface area contributed by atoms with E-state index in [0.717, 1.165) is 51.9 Å². The Balaban J connectivity index is 1.25. The highest BCUT2D eigenvalue weighted by Gasteiger charge is 2.32. The first-order chi connectivity index (χ1) is 15.7. The number of rotatable bonds is 6. The molecule has 0 bridgehead atoms. The Bertz CT molecular complexity index is 1100. The van der Waals surface area contributed by atoms with Gasteiger partial charge in [-0.3, -0.25) is 4.90 Å². The van der Waals surface area contributed by atoms with Gasteiger partial charge in [-0.15, -0.1) is 0 Å². The molecule has 2 aliphatic heterocycles. The monoisotopic (exact) mass is 426 g/mol. The number of fused-ring (bicyclic) bond motifs is 3. The minimum Gasteiger partial charge on any atom is -0.478 e. The molecule has 0 unspecified atom stereocenters. The summed E-state index contributed by atoms with van der Waals surface area (Å²) in [7, 11) is 0. The summed E-state index contributed by atoms with van der Waals surface area (Å²) in [5, 5.41) is 9.30. The van der Waals surface area contributed by atoms with Crippen LogP contribution < -0.4 is 4.90 Å². The van der Waals surface area contributed by atoms with E-state index < -0.39 is 5.97 Å². The van der Waals surface area contributed by atoms with Crippen LogP contribution in [-0.2, 0) is 25.8 Å². The predicted molar refractivity (Wildman–Crippen MR) is 128 cm³/mol. The van der Waals surface area contributed by atoms with Gasteiger partial charge in [-0.05, 0) is 66.1 Å². The highest BCUT2D eigenvalue weighted by molar-refractivity contribution is 5.88. The Kier molecular flexibility index (Phi) is 5.95. The number of benzene rings is 3. The fourth-order valence-corrected chi connectivity index (χ4v) is 5.27. The number of aromatic carboxylic acids is 1. The molecule has 164 valence electrons. The SMILES string of the molecule is O=C(O)c1ccc2c(c1)CC[C@H]1CN(Cc3ccccc3CCc3ccccc3)CCN21. The van der Waals surface area contributed by atoms with E-state index in [4.69, 9.17) is 0 Å². The number of carboxylic acid groups (broad SMARTS) is 1. The molecule has 1 fully saturated rings. The molecule has 2 heterocycles. The lowest BCUT2D eigenvalue weighted by Gasteiger charge is -2.46. The summed E-state index contributed by atoms with van der Waals surface area (Å²) < 4.78 is 0. The first-order valence-electron chi connectivity index (χ1n) is 11.6. The van der Waals surface area contributed by atoms with Crippen LogP contribution in [0.2, 0.25) is 0 Å². The third kappa shape index (κ3) is 4.42. The largest absolute Gasteiger partial charge is 0.478 e. The minimum absolute atomic E-state index is 0.396. The van der Waals surface area contributed by atoms with Crippen LogP contribution in [0.4, 0.5) is 5.69 Å². The molecule has 5 rings (SSSR count). The molecule has 1 saturated heterocycles. The van der Waals surface area contributed by atoms with E-state index in [1.165, 1.54) is 27.9 Å². The van der Waals surface area contributed by atoms with Crippen molar-refractivity contribution in [1.29, 1.82) is 0 Å². The van der Waals surface area contributed by atoms with Crippen LogP contribution in [0.15, 0.2) is 72.8 Å². The summed E-state index contributed by atoms with van der Waals surface area (Å²) in [6, 6.07) is 25.7. The molecular weight excluding hydrogens is 396 g/mol. The van der Waals surface area contributed by atoms with Crippen molar-refractivity contribution < 1.29 is 9.90 Å². The maximum Gasteiger partial charge on any atom is 0.335 e. The predicted octanol–water partition coefficient (Wildman–Crippen LogP) is 4.81. The maximum atomic E-state index is 11.3. The number of hydrogen-bond donors (Lipinski definition) is 1. The first kappa shape index (κ1) is 20.8. The fraction of sp³-hybridized carbons (Fsp3) is 0.321. The van der Waals surface area contributed by atoms with Gasteiger partial charge in [0.2, 0.25) is 0 Å². The Labute approximate surface area is 190 Å². The van der Waals surface area contributed by atoms with Gasteiger partial charge in [-0.25, -0.2) is 4.79 Å². The van der Waals surface area contributed by atoms with Crippen LogP contribution in [0.25, 0.3) is 0 Å². The van der Waals surface area contributed by atoms with E-state index in [9.17, 15) is 9.90 Å². The number of carbonyl (C=O) groups is 1. The average molecular weight is 427 g/mol. The summed E-state index contributed by atoms with van der Waals surface area (Å²) >= 11 is 0. The number of aryl methyl sites for hydroxylation is 3. The number of hydrogen-bond acceptors (Lipinski definition) is 3. The van der Waals surface area contributed by atoms with E-state index >= 15 is 0 Å². The summed E-state index contributed by atoms with van der Waals surface area (Å²) in [5.74, 6) is -0.842. The average Bonchev–Trinajstić information content (AvgIpc) is 2.83. The van der Waals surface area contributed by atoms with E-state index in [1.54, 1.807) is 6.07 Å². The highest BCUT2D eigenvalue weighted by atomic mass is 16.4. The van der Waals surface area contributed by atoms with Gasteiger partial charge in [0, 0.05) is 37.9 Å². The van der Waals surface area contributed by atoms with Gasteiger partial charge in [-0.1, -0.05) is 54.6 Å². The van der Waals surface area contributed by atoms with Crippen molar-refractivity contribution in [3.8, 4) is 0 Å². The third-order valence-corrected chi connectivity index (χ3v) is 6.99. The molecule has 1 N–H and O–H groups in total.